The number of hydrazine groups is 1. The fourth-order valence-electron chi connectivity index (χ4n) is 6.42. The van der Waals surface area contributed by atoms with Crippen LogP contribution in [0.25, 0.3) is 0 Å². The summed E-state index contributed by atoms with van der Waals surface area (Å²) >= 11 is 0. The molecule has 2 fully saturated rings. The molecule has 4 amide bonds. The van der Waals surface area contributed by atoms with Crippen molar-refractivity contribution in [3.05, 3.63) is 143 Å². The molecule has 0 spiro atoms. The number of piperazine rings is 1. The van der Waals surface area contributed by atoms with E-state index < -0.39 is 41.7 Å². The second-order valence-corrected chi connectivity index (χ2v) is 12.2. The molecule has 6 rings (SSSR count). The van der Waals surface area contributed by atoms with E-state index in [1.807, 2.05) is 60.7 Å². The standard InChI is InChI=1S/C37H35F4N5O3/c38-31-17-14-28(15-18-31)23-44-25-34(47)45-32(19-16-26-8-3-1-4-9-26)35(48)43(22-29-12-7-13-30(20-29)37(39,40)41)24-33(45)46(44)36(49)42-21-27-10-5-2-6-11-27/h1-15,17-18,20,32-33H,16,19,21-25H2,(H,42,49)/t32-,33-/m0/s1. The minimum absolute atomic E-state index is 0.0887. The summed E-state index contributed by atoms with van der Waals surface area (Å²) in [6, 6.07) is 27.7. The number of nitrogens with one attached hydrogen (secondary N) is 1. The van der Waals surface area contributed by atoms with Crippen LogP contribution in [0, 0.1) is 5.82 Å². The van der Waals surface area contributed by atoms with E-state index in [1.54, 1.807) is 17.1 Å². The normalized spacial score (nSPS) is 18.4. The zero-order chi connectivity index (χ0) is 34.5. The van der Waals surface area contributed by atoms with Crippen LogP contribution in [0.2, 0.25) is 0 Å². The largest absolute Gasteiger partial charge is 0.416 e. The van der Waals surface area contributed by atoms with Gasteiger partial charge in [0.1, 0.15) is 18.0 Å². The van der Waals surface area contributed by atoms with Crippen LogP contribution in [0.4, 0.5) is 22.4 Å². The molecule has 2 aliphatic heterocycles. The van der Waals surface area contributed by atoms with Gasteiger partial charge in [-0.3, -0.25) is 9.59 Å². The van der Waals surface area contributed by atoms with Gasteiger partial charge in [0.05, 0.1) is 18.7 Å². The Morgan fingerprint density at radius 2 is 1.43 bits per heavy atom. The molecule has 254 valence electrons. The number of hydrogen-bond acceptors (Lipinski definition) is 4. The molecular weight excluding hydrogens is 638 g/mol. The molecule has 0 aromatic heterocycles. The van der Waals surface area contributed by atoms with Crippen LogP contribution in [0.1, 0.15) is 34.2 Å². The van der Waals surface area contributed by atoms with E-state index in [4.69, 9.17) is 0 Å². The van der Waals surface area contributed by atoms with E-state index in [9.17, 15) is 31.9 Å². The molecule has 0 aliphatic carbocycles. The lowest BCUT2D eigenvalue weighted by Gasteiger charge is -2.55. The number of amides is 4. The van der Waals surface area contributed by atoms with Gasteiger partial charge in [-0.1, -0.05) is 84.9 Å². The molecule has 12 heteroatoms. The van der Waals surface area contributed by atoms with Crippen LogP contribution >= 0.6 is 0 Å². The molecule has 2 aliphatic rings. The Morgan fingerprint density at radius 3 is 2.10 bits per heavy atom. The van der Waals surface area contributed by atoms with Crippen molar-refractivity contribution in [1.29, 1.82) is 0 Å². The van der Waals surface area contributed by atoms with Gasteiger partial charge < -0.3 is 15.1 Å². The molecule has 4 aromatic carbocycles. The number of aryl methyl sites for hydroxylation is 1. The van der Waals surface area contributed by atoms with Crippen molar-refractivity contribution in [2.24, 2.45) is 0 Å². The summed E-state index contributed by atoms with van der Waals surface area (Å²) in [4.78, 5) is 45.2. The van der Waals surface area contributed by atoms with Crippen molar-refractivity contribution in [2.75, 3.05) is 13.1 Å². The van der Waals surface area contributed by atoms with Crippen molar-refractivity contribution in [3.63, 3.8) is 0 Å². The number of carbonyl (C=O) groups is 3. The molecule has 2 saturated heterocycles. The molecule has 1 N–H and O–H groups in total. The number of benzene rings is 4. The Labute approximate surface area is 281 Å². The lowest BCUT2D eigenvalue weighted by atomic mass is 9.98. The third-order valence-corrected chi connectivity index (χ3v) is 8.78. The highest BCUT2D eigenvalue weighted by Crippen LogP contribution is 2.33. The molecule has 0 bridgehead atoms. The Hall–Kier alpha value is -5.23. The number of hydrogen-bond donors (Lipinski definition) is 1. The van der Waals surface area contributed by atoms with Gasteiger partial charge in [-0.2, -0.15) is 13.2 Å². The predicted molar refractivity (Wildman–Crippen MR) is 173 cm³/mol. The lowest BCUT2D eigenvalue weighted by molar-refractivity contribution is -0.193. The minimum Gasteiger partial charge on any atom is -0.333 e. The lowest BCUT2D eigenvalue weighted by Crippen LogP contribution is -2.76. The molecule has 0 unspecified atom stereocenters. The highest BCUT2D eigenvalue weighted by Gasteiger charge is 2.51. The molecule has 8 nitrogen and oxygen atoms in total. The minimum atomic E-state index is -4.57. The number of halogens is 4. The maximum atomic E-state index is 14.2. The number of fused-ring (bicyclic) bond motifs is 1. The summed E-state index contributed by atoms with van der Waals surface area (Å²) < 4.78 is 54.5. The summed E-state index contributed by atoms with van der Waals surface area (Å²) in [6.45, 7) is -0.242. The summed E-state index contributed by atoms with van der Waals surface area (Å²) in [5.41, 5.74) is 1.87. The van der Waals surface area contributed by atoms with Gasteiger partial charge in [0.15, 0.2) is 0 Å². The van der Waals surface area contributed by atoms with Gasteiger partial charge in [-0.15, -0.1) is 0 Å². The Balaban J connectivity index is 1.35. The molecule has 2 atom stereocenters. The maximum Gasteiger partial charge on any atom is 0.416 e. The van der Waals surface area contributed by atoms with Crippen molar-refractivity contribution < 1.29 is 31.9 Å². The highest BCUT2D eigenvalue weighted by atomic mass is 19.4. The number of nitrogens with zero attached hydrogens (tertiary/aromatic N) is 4. The van der Waals surface area contributed by atoms with Gasteiger partial charge in [0, 0.05) is 19.6 Å². The summed E-state index contributed by atoms with van der Waals surface area (Å²) in [6.07, 6.45) is -4.85. The Morgan fingerprint density at radius 1 is 0.776 bits per heavy atom. The van der Waals surface area contributed by atoms with E-state index in [2.05, 4.69) is 5.32 Å². The summed E-state index contributed by atoms with van der Waals surface area (Å²) in [7, 11) is 0. The van der Waals surface area contributed by atoms with E-state index >= 15 is 0 Å². The Bertz CT molecular complexity index is 1770. The first-order valence-corrected chi connectivity index (χ1v) is 16.0. The third-order valence-electron chi connectivity index (χ3n) is 8.78. The second kappa shape index (κ2) is 14.5. The van der Waals surface area contributed by atoms with E-state index in [0.29, 0.717) is 12.0 Å². The topological polar surface area (TPSA) is 76.2 Å². The van der Waals surface area contributed by atoms with E-state index in [-0.39, 0.29) is 50.6 Å². The van der Waals surface area contributed by atoms with Gasteiger partial charge in [0.2, 0.25) is 11.8 Å². The fraction of sp³-hybridized carbons (Fsp3) is 0.270. The molecule has 0 radical (unpaired) electrons. The van der Waals surface area contributed by atoms with Crippen LogP contribution in [0.3, 0.4) is 0 Å². The van der Waals surface area contributed by atoms with Gasteiger partial charge in [-0.25, -0.2) is 19.2 Å². The van der Waals surface area contributed by atoms with Crippen LogP contribution in [-0.4, -0.2) is 63.0 Å². The van der Waals surface area contributed by atoms with Crippen molar-refractivity contribution in [2.45, 2.75) is 50.9 Å². The van der Waals surface area contributed by atoms with E-state index in [1.165, 1.54) is 39.1 Å². The van der Waals surface area contributed by atoms with Gasteiger partial charge in [-0.05, 0) is 59.4 Å². The summed E-state index contributed by atoms with van der Waals surface area (Å²) in [5.74, 6) is -1.21. The molecular formula is C37H35F4N5O3. The first-order chi connectivity index (χ1) is 23.6. The summed E-state index contributed by atoms with van der Waals surface area (Å²) in [5, 5.41) is 5.93. The number of carbonyl (C=O) groups excluding carboxylic acids is 3. The fourth-order valence-corrected chi connectivity index (χ4v) is 6.42. The van der Waals surface area contributed by atoms with Gasteiger partial charge in [0.25, 0.3) is 0 Å². The van der Waals surface area contributed by atoms with Crippen LogP contribution in [-0.2, 0) is 41.8 Å². The Kier molecular flexibility index (Phi) is 9.95. The quantitative estimate of drug-likeness (QED) is 0.222. The van der Waals surface area contributed by atoms with Crippen LogP contribution < -0.4 is 5.32 Å². The number of rotatable bonds is 9. The predicted octanol–water partition coefficient (Wildman–Crippen LogP) is 5.99. The molecule has 0 saturated carbocycles. The van der Waals surface area contributed by atoms with Gasteiger partial charge >= 0.3 is 12.2 Å². The van der Waals surface area contributed by atoms with E-state index in [0.717, 1.165) is 23.3 Å². The van der Waals surface area contributed by atoms with Crippen LogP contribution in [0.5, 0.6) is 0 Å². The molecule has 2 heterocycles. The first kappa shape index (κ1) is 33.7. The van der Waals surface area contributed by atoms with Crippen molar-refractivity contribution >= 4 is 17.8 Å². The average Bonchev–Trinajstić information content (AvgIpc) is 3.09. The molecule has 49 heavy (non-hydrogen) atoms. The number of alkyl halides is 3. The zero-order valence-corrected chi connectivity index (χ0v) is 26.5. The van der Waals surface area contributed by atoms with Crippen LogP contribution in [0.15, 0.2) is 109 Å². The second-order valence-electron chi connectivity index (χ2n) is 12.2. The average molecular weight is 674 g/mol. The van der Waals surface area contributed by atoms with Crippen molar-refractivity contribution in [1.82, 2.24) is 25.1 Å². The maximum absolute atomic E-state index is 14.2. The molecule has 4 aromatic rings. The smallest absolute Gasteiger partial charge is 0.333 e. The monoisotopic (exact) mass is 673 g/mol. The zero-order valence-electron chi connectivity index (χ0n) is 26.5. The first-order valence-electron chi connectivity index (χ1n) is 16.0. The number of urea groups is 1. The van der Waals surface area contributed by atoms with Crippen molar-refractivity contribution in [3.8, 4) is 0 Å². The SMILES string of the molecule is O=C1[C@H](CCc2ccccc2)N2C(=O)CN(Cc3ccc(F)cc3)N(C(=O)NCc3ccccc3)[C@H]2CN1Cc1cccc(C(F)(F)F)c1. The highest BCUT2D eigenvalue weighted by molar-refractivity contribution is 5.91. The third kappa shape index (κ3) is 7.92.